The molecular formula is C17H19NO5. The molecule has 1 spiro atoms. The van der Waals surface area contributed by atoms with E-state index in [0.29, 0.717) is 13.1 Å². The van der Waals surface area contributed by atoms with Crippen LogP contribution < -0.4 is 0 Å². The van der Waals surface area contributed by atoms with Crippen LogP contribution in [0.1, 0.15) is 19.6 Å². The lowest BCUT2D eigenvalue weighted by Crippen LogP contribution is -2.40. The number of esters is 1. The summed E-state index contributed by atoms with van der Waals surface area (Å²) in [7, 11) is 0. The van der Waals surface area contributed by atoms with E-state index in [0.717, 1.165) is 5.76 Å². The summed E-state index contributed by atoms with van der Waals surface area (Å²) in [6.07, 6.45) is 4.83. The van der Waals surface area contributed by atoms with Crippen LogP contribution in [0.25, 0.3) is 0 Å². The molecule has 4 rings (SSSR count). The zero-order valence-corrected chi connectivity index (χ0v) is 13.1. The third-order valence-electron chi connectivity index (χ3n) is 4.73. The van der Waals surface area contributed by atoms with E-state index in [2.05, 4.69) is 0 Å². The van der Waals surface area contributed by atoms with E-state index in [1.165, 1.54) is 0 Å². The molecule has 0 radical (unpaired) electrons. The van der Waals surface area contributed by atoms with Gasteiger partial charge in [0.05, 0.1) is 37.5 Å². The average molecular weight is 317 g/mol. The molecule has 0 N–H and O–H groups in total. The molecule has 1 aromatic heterocycles. The summed E-state index contributed by atoms with van der Waals surface area (Å²) < 4.78 is 16.7. The van der Waals surface area contributed by atoms with E-state index in [1.54, 1.807) is 31.1 Å². The van der Waals surface area contributed by atoms with Crippen molar-refractivity contribution >= 4 is 11.9 Å². The van der Waals surface area contributed by atoms with Gasteiger partial charge in [-0.1, -0.05) is 12.2 Å². The van der Waals surface area contributed by atoms with Crippen LogP contribution in [0.2, 0.25) is 0 Å². The molecule has 0 aromatic carbocycles. The highest BCUT2D eigenvalue weighted by molar-refractivity contribution is 5.91. The summed E-state index contributed by atoms with van der Waals surface area (Å²) in [6.45, 7) is 4.43. The van der Waals surface area contributed by atoms with Gasteiger partial charge in [-0.2, -0.15) is 0 Å². The van der Waals surface area contributed by atoms with E-state index in [1.807, 2.05) is 18.2 Å². The molecule has 2 bridgehead atoms. The van der Waals surface area contributed by atoms with Gasteiger partial charge in [0.25, 0.3) is 0 Å². The van der Waals surface area contributed by atoms with Gasteiger partial charge in [-0.25, -0.2) is 0 Å². The third-order valence-corrected chi connectivity index (χ3v) is 4.73. The first-order valence-electron chi connectivity index (χ1n) is 7.89. The maximum atomic E-state index is 12.9. The third kappa shape index (κ3) is 2.12. The molecule has 23 heavy (non-hydrogen) atoms. The summed E-state index contributed by atoms with van der Waals surface area (Å²) in [5.41, 5.74) is -0.699. The van der Waals surface area contributed by atoms with Crippen LogP contribution >= 0.6 is 0 Å². The van der Waals surface area contributed by atoms with Crippen molar-refractivity contribution in [2.45, 2.75) is 38.2 Å². The van der Waals surface area contributed by atoms with E-state index < -0.39 is 17.4 Å². The predicted octanol–water partition coefficient (Wildman–Crippen LogP) is 1.51. The summed E-state index contributed by atoms with van der Waals surface area (Å²) >= 11 is 0. The number of rotatable bonds is 4. The second-order valence-corrected chi connectivity index (χ2v) is 6.66. The zero-order chi connectivity index (χ0) is 16.2. The van der Waals surface area contributed by atoms with E-state index >= 15 is 0 Å². The second-order valence-electron chi connectivity index (χ2n) is 6.66. The topological polar surface area (TPSA) is 69.0 Å². The monoisotopic (exact) mass is 317 g/mol. The van der Waals surface area contributed by atoms with E-state index in [4.69, 9.17) is 13.9 Å². The summed E-state index contributed by atoms with van der Waals surface area (Å²) in [5, 5.41) is 0. The molecule has 1 aromatic rings. The van der Waals surface area contributed by atoms with Crippen LogP contribution in [0.5, 0.6) is 0 Å². The SMILES string of the molecule is CC(C)OC(=O)[C@@H]1[C@H]2C(=O)N(Cc3ccco3)C[C@@]23C=C[C@H]1O3. The highest BCUT2D eigenvalue weighted by Gasteiger charge is 2.67. The smallest absolute Gasteiger partial charge is 0.313 e. The predicted molar refractivity (Wildman–Crippen MR) is 79.1 cm³/mol. The minimum absolute atomic E-state index is 0.0704. The Labute approximate surface area is 134 Å². The van der Waals surface area contributed by atoms with Crippen molar-refractivity contribution < 1.29 is 23.5 Å². The Hall–Kier alpha value is -2.08. The fraction of sp³-hybridized carbons (Fsp3) is 0.529. The maximum absolute atomic E-state index is 12.9. The standard InChI is InChI=1S/C17H19NO5/c1-10(2)22-16(20)13-12-5-6-17(23-12)9-18(15(19)14(13)17)8-11-4-3-7-21-11/h3-7,10,12-14H,8-9H2,1-2H3/t12-,13+,14+,17+/m1/s1. The Balaban J connectivity index is 1.59. The molecule has 2 saturated heterocycles. The van der Waals surface area contributed by atoms with Gasteiger partial charge in [-0.05, 0) is 26.0 Å². The minimum Gasteiger partial charge on any atom is -0.467 e. The van der Waals surface area contributed by atoms with Gasteiger partial charge in [0.15, 0.2) is 0 Å². The maximum Gasteiger partial charge on any atom is 0.313 e. The van der Waals surface area contributed by atoms with Crippen LogP contribution in [-0.2, 0) is 25.6 Å². The van der Waals surface area contributed by atoms with Crippen molar-refractivity contribution in [3.05, 3.63) is 36.3 Å². The lowest BCUT2D eigenvalue weighted by Gasteiger charge is -2.23. The van der Waals surface area contributed by atoms with Gasteiger partial charge in [-0.3, -0.25) is 9.59 Å². The number of nitrogens with zero attached hydrogens (tertiary/aromatic N) is 1. The van der Waals surface area contributed by atoms with Crippen molar-refractivity contribution in [2.24, 2.45) is 11.8 Å². The lowest BCUT2D eigenvalue weighted by molar-refractivity contribution is -0.157. The number of hydrogen-bond acceptors (Lipinski definition) is 5. The number of carbonyl (C=O) groups is 2. The summed E-state index contributed by atoms with van der Waals surface area (Å²) in [5.74, 6) is -0.766. The molecular weight excluding hydrogens is 298 g/mol. The Morgan fingerprint density at radius 2 is 2.35 bits per heavy atom. The van der Waals surface area contributed by atoms with Crippen molar-refractivity contribution in [3.63, 3.8) is 0 Å². The normalized spacial score (nSPS) is 34.5. The van der Waals surface area contributed by atoms with Crippen LogP contribution in [0.3, 0.4) is 0 Å². The van der Waals surface area contributed by atoms with Gasteiger partial charge in [0, 0.05) is 0 Å². The van der Waals surface area contributed by atoms with Gasteiger partial charge >= 0.3 is 5.97 Å². The molecule has 0 aliphatic carbocycles. The minimum atomic E-state index is -0.699. The first kappa shape index (κ1) is 14.5. The molecule has 122 valence electrons. The van der Waals surface area contributed by atoms with Gasteiger partial charge in [0.1, 0.15) is 17.3 Å². The van der Waals surface area contributed by atoms with Gasteiger partial charge < -0.3 is 18.8 Å². The number of amides is 1. The van der Waals surface area contributed by atoms with Crippen LogP contribution in [-0.4, -0.2) is 41.1 Å². The molecule has 3 aliphatic rings. The fourth-order valence-electron chi connectivity index (χ4n) is 3.88. The molecule has 0 unspecified atom stereocenters. The van der Waals surface area contributed by atoms with E-state index in [9.17, 15) is 9.59 Å². The van der Waals surface area contributed by atoms with Crippen LogP contribution in [0, 0.1) is 11.8 Å². The van der Waals surface area contributed by atoms with Gasteiger partial charge in [-0.15, -0.1) is 0 Å². The molecule has 2 fully saturated rings. The Kier molecular flexibility index (Phi) is 3.13. The van der Waals surface area contributed by atoms with Crippen molar-refractivity contribution in [1.82, 2.24) is 4.90 Å². The molecule has 6 heteroatoms. The molecule has 6 nitrogen and oxygen atoms in total. The first-order valence-corrected chi connectivity index (χ1v) is 7.89. The zero-order valence-electron chi connectivity index (χ0n) is 13.1. The number of hydrogen-bond donors (Lipinski definition) is 0. The van der Waals surface area contributed by atoms with Crippen molar-refractivity contribution in [1.29, 1.82) is 0 Å². The highest BCUT2D eigenvalue weighted by Crippen LogP contribution is 2.52. The lowest BCUT2D eigenvalue weighted by atomic mass is 9.77. The number of carbonyl (C=O) groups excluding carboxylic acids is 2. The van der Waals surface area contributed by atoms with Crippen LogP contribution in [0.15, 0.2) is 35.0 Å². The Morgan fingerprint density at radius 3 is 3.04 bits per heavy atom. The van der Waals surface area contributed by atoms with Crippen LogP contribution in [0.4, 0.5) is 0 Å². The number of likely N-dealkylation sites (tertiary alicyclic amines) is 1. The Bertz CT molecular complexity index is 665. The Morgan fingerprint density at radius 1 is 1.52 bits per heavy atom. The summed E-state index contributed by atoms with van der Waals surface area (Å²) in [6, 6.07) is 3.62. The molecule has 3 aliphatic heterocycles. The van der Waals surface area contributed by atoms with E-state index in [-0.39, 0.29) is 24.1 Å². The summed E-state index contributed by atoms with van der Waals surface area (Å²) in [4.78, 5) is 27.0. The largest absolute Gasteiger partial charge is 0.467 e. The fourth-order valence-corrected chi connectivity index (χ4v) is 3.88. The highest BCUT2D eigenvalue weighted by atomic mass is 16.6. The van der Waals surface area contributed by atoms with Crippen molar-refractivity contribution in [2.75, 3.05) is 6.54 Å². The average Bonchev–Trinajstić information content (AvgIpc) is 3.21. The molecule has 4 heterocycles. The quantitative estimate of drug-likeness (QED) is 0.622. The molecule has 0 saturated carbocycles. The number of furan rings is 1. The first-order chi connectivity index (χ1) is 11.0. The number of fused-ring (bicyclic) bond motifs is 1. The van der Waals surface area contributed by atoms with Crippen molar-refractivity contribution in [3.8, 4) is 0 Å². The second kappa shape index (κ2) is 4.96. The molecule has 4 atom stereocenters. The molecule has 1 amide bonds. The van der Waals surface area contributed by atoms with Gasteiger partial charge in [0.2, 0.25) is 5.91 Å². The number of ether oxygens (including phenoxy) is 2.